The van der Waals surface area contributed by atoms with Crippen molar-refractivity contribution in [2.24, 2.45) is 11.8 Å². The standard InChI is InChI=1S/C18H25ClN4O2S/c1-13(2)12-26(24,25)20-10-14-6-5-9-23(11-14)17-15-7-3-4-8-16(15)21-18(19)22-17/h3-4,7-8,13-14,20H,5-6,9-12H2,1-2H3. The van der Waals surface area contributed by atoms with Crippen molar-refractivity contribution in [1.29, 1.82) is 0 Å². The summed E-state index contributed by atoms with van der Waals surface area (Å²) in [6, 6.07) is 7.81. The number of sulfonamides is 1. The lowest BCUT2D eigenvalue weighted by molar-refractivity contribution is 0.409. The summed E-state index contributed by atoms with van der Waals surface area (Å²) in [6.07, 6.45) is 1.99. The minimum Gasteiger partial charge on any atom is -0.356 e. The van der Waals surface area contributed by atoms with E-state index in [9.17, 15) is 8.42 Å². The van der Waals surface area contributed by atoms with E-state index in [-0.39, 0.29) is 22.9 Å². The van der Waals surface area contributed by atoms with E-state index in [4.69, 9.17) is 11.6 Å². The third-order valence-electron chi connectivity index (χ3n) is 4.52. The van der Waals surface area contributed by atoms with Gasteiger partial charge in [0.2, 0.25) is 15.3 Å². The van der Waals surface area contributed by atoms with Crippen LogP contribution in [0.25, 0.3) is 10.9 Å². The Balaban J connectivity index is 1.73. The predicted octanol–water partition coefficient (Wildman–Crippen LogP) is 3.08. The van der Waals surface area contributed by atoms with Crippen LogP contribution in [0.1, 0.15) is 26.7 Å². The van der Waals surface area contributed by atoms with E-state index >= 15 is 0 Å². The molecule has 0 saturated carbocycles. The second-order valence-electron chi connectivity index (χ2n) is 7.31. The number of halogens is 1. The normalized spacial score (nSPS) is 18.6. The quantitative estimate of drug-likeness (QED) is 0.759. The van der Waals surface area contributed by atoms with Crippen molar-refractivity contribution in [1.82, 2.24) is 14.7 Å². The summed E-state index contributed by atoms with van der Waals surface area (Å²) in [6.45, 7) is 5.91. The van der Waals surface area contributed by atoms with Crippen molar-refractivity contribution in [2.75, 3.05) is 30.3 Å². The number of nitrogens with zero attached hydrogens (tertiary/aromatic N) is 3. The van der Waals surface area contributed by atoms with Gasteiger partial charge in [-0.05, 0) is 48.4 Å². The minimum atomic E-state index is -3.22. The van der Waals surface area contributed by atoms with Crippen molar-refractivity contribution >= 4 is 38.3 Å². The topological polar surface area (TPSA) is 75.2 Å². The number of hydrogen-bond donors (Lipinski definition) is 1. The van der Waals surface area contributed by atoms with E-state index in [0.717, 1.165) is 42.7 Å². The van der Waals surface area contributed by atoms with Gasteiger partial charge in [0.25, 0.3) is 0 Å². The third-order valence-corrected chi connectivity index (χ3v) is 6.40. The Morgan fingerprint density at radius 3 is 2.85 bits per heavy atom. The Morgan fingerprint density at radius 1 is 1.31 bits per heavy atom. The third kappa shape index (κ3) is 4.84. The van der Waals surface area contributed by atoms with Crippen LogP contribution in [-0.4, -0.2) is 43.8 Å². The van der Waals surface area contributed by atoms with Gasteiger partial charge in [-0.3, -0.25) is 0 Å². The number of benzene rings is 1. The number of para-hydroxylation sites is 1. The highest BCUT2D eigenvalue weighted by Crippen LogP contribution is 2.29. The fraction of sp³-hybridized carbons (Fsp3) is 0.556. The van der Waals surface area contributed by atoms with Crippen LogP contribution in [0, 0.1) is 11.8 Å². The lowest BCUT2D eigenvalue weighted by Crippen LogP contribution is -2.42. The molecule has 1 atom stereocenters. The van der Waals surface area contributed by atoms with E-state index in [1.807, 2.05) is 38.1 Å². The van der Waals surface area contributed by atoms with Gasteiger partial charge in [-0.15, -0.1) is 0 Å². The highest BCUT2D eigenvalue weighted by molar-refractivity contribution is 7.89. The molecule has 26 heavy (non-hydrogen) atoms. The van der Waals surface area contributed by atoms with Gasteiger partial charge >= 0.3 is 0 Å². The summed E-state index contributed by atoms with van der Waals surface area (Å²) in [5.74, 6) is 1.36. The molecule has 3 rings (SSSR count). The van der Waals surface area contributed by atoms with E-state index in [0.29, 0.717) is 6.54 Å². The highest BCUT2D eigenvalue weighted by Gasteiger charge is 2.24. The van der Waals surface area contributed by atoms with Gasteiger partial charge < -0.3 is 4.90 Å². The molecule has 1 aromatic carbocycles. The number of nitrogens with one attached hydrogen (secondary N) is 1. The van der Waals surface area contributed by atoms with E-state index in [1.165, 1.54) is 0 Å². The lowest BCUT2D eigenvalue weighted by Gasteiger charge is -2.34. The van der Waals surface area contributed by atoms with Gasteiger partial charge in [0, 0.05) is 25.0 Å². The molecule has 1 aliphatic heterocycles. The van der Waals surface area contributed by atoms with Crippen LogP contribution in [0.2, 0.25) is 5.28 Å². The van der Waals surface area contributed by atoms with Crippen LogP contribution in [-0.2, 0) is 10.0 Å². The number of fused-ring (bicyclic) bond motifs is 1. The second kappa shape index (κ2) is 8.06. The maximum Gasteiger partial charge on any atom is 0.224 e. The molecule has 8 heteroatoms. The molecular formula is C18H25ClN4O2S. The molecule has 142 valence electrons. The molecule has 0 bridgehead atoms. The first-order chi connectivity index (χ1) is 12.3. The largest absolute Gasteiger partial charge is 0.356 e. The number of aromatic nitrogens is 2. The van der Waals surface area contributed by atoms with Crippen LogP contribution >= 0.6 is 11.6 Å². The van der Waals surface area contributed by atoms with Crippen LogP contribution < -0.4 is 9.62 Å². The Labute approximate surface area is 160 Å². The monoisotopic (exact) mass is 396 g/mol. The summed E-state index contributed by atoms with van der Waals surface area (Å²) < 4.78 is 27.0. The van der Waals surface area contributed by atoms with Crippen molar-refractivity contribution < 1.29 is 8.42 Å². The Morgan fingerprint density at radius 2 is 2.08 bits per heavy atom. The summed E-state index contributed by atoms with van der Waals surface area (Å²) in [5, 5.41) is 1.20. The summed E-state index contributed by atoms with van der Waals surface area (Å²) >= 11 is 6.11. The van der Waals surface area contributed by atoms with Gasteiger partial charge in [-0.1, -0.05) is 26.0 Å². The van der Waals surface area contributed by atoms with E-state index in [1.54, 1.807) is 0 Å². The zero-order valence-electron chi connectivity index (χ0n) is 15.2. The SMILES string of the molecule is CC(C)CS(=O)(=O)NCC1CCCN(c2nc(Cl)nc3ccccc23)C1. The molecule has 0 spiro atoms. The zero-order valence-corrected chi connectivity index (χ0v) is 16.7. The molecule has 0 amide bonds. The molecule has 1 aliphatic rings. The van der Waals surface area contributed by atoms with E-state index in [2.05, 4.69) is 19.6 Å². The predicted molar refractivity (Wildman–Crippen MR) is 106 cm³/mol. The van der Waals surface area contributed by atoms with Gasteiger partial charge in [0.1, 0.15) is 5.82 Å². The maximum absolute atomic E-state index is 12.1. The average Bonchev–Trinajstić information content (AvgIpc) is 2.58. The van der Waals surface area contributed by atoms with Crippen LogP contribution in [0.15, 0.2) is 24.3 Å². The summed E-state index contributed by atoms with van der Waals surface area (Å²) in [5.41, 5.74) is 0.822. The first-order valence-electron chi connectivity index (χ1n) is 8.98. The van der Waals surface area contributed by atoms with Crippen molar-refractivity contribution in [3.63, 3.8) is 0 Å². The molecule has 2 aromatic rings. The molecule has 6 nitrogen and oxygen atoms in total. The highest BCUT2D eigenvalue weighted by atomic mass is 35.5. The number of piperidine rings is 1. The van der Waals surface area contributed by atoms with E-state index < -0.39 is 10.0 Å². The number of hydrogen-bond acceptors (Lipinski definition) is 5. The van der Waals surface area contributed by atoms with Crippen molar-refractivity contribution in [2.45, 2.75) is 26.7 Å². The van der Waals surface area contributed by atoms with Crippen LogP contribution in [0.3, 0.4) is 0 Å². The lowest BCUT2D eigenvalue weighted by atomic mass is 9.98. The number of rotatable bonds is 6. The van der Waals surface area contributed by atoms with Crippen LogP contribution in [0.5, 0.6) is 0 Å². The first kappa shape index (κ1) is 19.3. The smallest absolute Gasteiger partial charge is 0.224 e. The molecule has 2 heterocycles. The Bertz CT molecular complexity index is 873. The summed E-state index contributed by atoms with van der Waals surface area (Å²) in [4.78, 5) is 10.9. The molecule has 0 aliphatic carbocycles. The molecule has 1 unspecified atom stereocenters. The minimum absolute atomic E-state index is 0.116. The maximum atomic E-state index is 12.1. The summed E-state index contributed by atoms with van der Waals surface area (Å²) in [7, 11) is -3.22. The zero-order chi connectivity index (χ0) is 18.7. The fourth-order valence-electron chi connectivity index (χ4n) is 3.44. The van der Waals surface area contributed by atoms with Crippen molar-refractivity contribution in [3.8, 4) is 0 Å². The fourth-order valence-corrected chi connectivity index (χ4v) is 5.10. The van der Waals surface area contributed by atoms with Gasteiger partial charge in [0.15, 0.2) is 0 Å². The molecule has 0 radical (unpaired) electrons. The first-order valence-corrected chi connectivity index (χ1v) is 11.0. The van der Waals surface area contributed by atoms with Gasteiger partial charge in [-0.2, -0.15) is 4.98 Å². The second-order valence-corrected chi connectivity index (χ2v) is 9.50. The average molecular weight is 397 g/mol. The molecule has 1 saturated heterocycles. The van der Waals surface area contributed by atoms with Gasteiger partial charge in [-0.25, -0.2) is 18.1 Å². The Kier molecular flexibility index (Phi) is 5.99. The number of anilines is 1. The van der Waals surface area contributed by atoms with Crippen LogP contribution in [0.4, 0.5) is 5.82 Å². The molecule has 1 fully saturated rings. The van der Waals surface area contributed by atoms with Crippen molar-refractivity contribution in [3.05, 3.63) is 29.5 Å². The molecular weight excluding hydrogens is 372 g/mol. The molecule has 1 N–H and O–H groups in total. The molecule has 1 aromatic heterocycles. The van der Waals surface area contributed by atoms with Gasteiger partial charge in [0.05, 0.1) is 11.3 Å². The Hall–Kier alpha value is -1.44.